The highest BCUT2D eigenvalue weighted by Gasteiger charge is 2.35. The summed E-state index contributed by atoms with van der Waals surface area (Å²) in [4.78, 5) is 28.3. The van der Waals surface area contributed by atoms with Crippen LogP contribution in [0.1, 0.15) is 32.4 Å². The second-order valence-corrected chi connectivity index (χ2v) is 7.68. The molecule has 0 fully saturated rings. The Labute approximate surface area is 170 Å². The number of aryl methyl sites for hydroxylation is 1. The summed E-state index contributed by atoms with van der Waals surface area (Å²) in [7, 11) is 0. The highest BCUT2D eigenvalue weighted by Crippen LogP contribution is 2.48. The summed E-state index contributed by atoms with van der Waals surface area (Å²) in [5, 5.41) is 15.7. The lowest BCUT2D eigenvalue weighted by molar-refractivity contribution is -0.385. The minimum absolute atomic E-state index is 0.00610. The first-order chi connectivity index (χ1) is 14.0. The molecule has 0 amide bonds. The molecule has 4 rings (SSSR count). The van der Waals surface area contributed by atoms with Gasteiger partial charge in [-0.15, -0.1) is 0 Å². The standard InChI is InChI=1S/C20H17N5O3S/c1-12-17-18(14-9-5-6-10-15(14)25(27)28)29-20(21)22-19(17)24(23-12)16(26)11-13-7-3-2-4-8-13/h2-10,18H,11H2,1H3,(H2,21,22). The number of carbonyl (C=O) groups excluding carboxylic acids is 1. The van der Waals surface area contributed by atoms with Crippen molar-refractivity contribution in [1.82, 2.24) is 9.78 Å². The number of thioether (sulfide) groups is 1. The van der Waals surface area contributed by atoms with Crippen molar-refractivity contribution in [3.8, 4) is 0 Å². The first kappa shape index (κ1) is 18.9. The molecule has 0 saturated carbocycles. The number of nitrogens with two attached hydrogens (primary N) is 1. The maximum absolute atomic E-state index is 12.9. The molecule has 1 unspecified atom stereocenters. The maximum atomic E-state index is 12.9. The quantitative estimate of drug-likeness (QED) is 0.520. The van der Waals surface area contributed by atoms with Gasteiger partial charge in [-0.25, -0.2) is 4.99 Å². The fourth-order valence-corrected chi connectivity index (χ4v) is 4.47. The number of nitrogens with zero attached hydrogens (tertiary/aromatic N) is 4. The number of rotatable bonds is 4. The molecular formula is C20H17N5O3S. The predicted octanol–water partition coefficient (Wildman–Crippen LogP) is 3.77. The molecule has 3 aromatic rings. The van der Waals surface area contributed by atoms with Crippen LogP contribution in [-0.2, 0) is 6.42 Å². The Morgan fingerprint density at radius 2 is 1.90 bits per heavy atom. The molecule has 2 N–H and O–H groups in total. The summed E-state index contributed by atoms with van der Waals surface area (Å²) >= 11 is 1.22. The van der Waals surface area contributed by atoms with Gasteiger partial charge in [-0.2, -0.15) is 9.78 Å². The summed E-state index contributed by atoms with van der Waals surface area (Å²) < 4.78 is 1.26. The average molecular weight is 407 g/mol. The van der Waals surface area contributed by atoms with Gasteiger partial charge in [0.2, 0.25) is 0 Å². The van der Waals surface area contributed by atoms with Gasteiger partial charge in [-0.05, 0) is 12.5 Å². The Bertz CT molecular complexity index is 1140. The summed E-state index contributed by atoms with van der Waals surface area (Å²) in [5.74, 6) is 0.0909. The van der Waals surface area contributed by atoms with E-state index in [1.54, 1.807) is 25.1 Å². The largest absolute Gasteiger partial charge is 0.378 e. The zero-order chi connectivity index (χ0) is 20.5. The van der Waals surface area contributed by atoms with E-state index < -0.39 is 10.2 Å². The molecule has 0 aliphatic carbocycles. The van der Waals surface area contributed by atoms with Crippen molar-refractivity contribution in [3.63, 3.8) is 0 Å². The number of nitro groups is 1. The van der Waals surface area contributed by atoms with Crippen molar-refractivity contribution in [1.29, 1.82) is 0 Å². The van der Waals surface area contributed by atoms with Crippen LogP contribution in [0.4, 0.5) is 11.5 Å². The van der Waals surface area contributed by atoms with Gasteiger partial charge in [-0.1, -0.05) is 60.3 Å². The Morgan fingerprint density at radius 3 is 2.62 bits per heavy atom. The fourth-order valence-electron chi connectivity index (χ4n) is 3.37. The molecule has 1 aromatic heterocycles. The number of para-hydroxylation sites is 1. The third-order valence-electron chi connectivity index (χ3n) is 4.65. The van der Waals surface area contributed by atoms with E-state index in [4.69, 9.17) is 5.73 Å². The smallest absolute Gasteiger partial charge is 0.274 e. The van der Waals surface area contributed by atoms with E-state index in [2.05, 4.69) is 10.1 Å². The molecule has 1 aliphatic rings. The van der Waals surface area contributed by atoms with Crippen molar-refractivity contribution < 1.29 is 9.72 Å². The number of amidine groups is 1. The topological polar surface area (TPSA) is 116 Å². The number of hydrogen-bond donors (Lipinski definition) is 1. The molecule has 0 saturated heterocycles. The summed E-state index contributed by atoms with van der Waals surface area (Å²) in [6.07, 6.45) is 0.160. The van der Waals surface area contributed by atoms with Gasteiger partial charge in [0.25, 0.3) is 11.6 Å². The zero-order valence-electron chi connectivity index (χ0n) is 15.5. The maximum Gasteiger partial charge on any atom is 0.274 e. The summed E-state index contributed by atoms with van der Waals surface area (Å²) in [6, 6.07) is 15.9. The lowest BCUT2D eigenvalue weighted by Crippen LogP contribution is -2.19. The first-order valence-corrected chi connectivity index (χ1v) is 9.74. The number of nitro benzene ring substituents is 1. The van der Waals surface area contributed by atoms with E-state index in [0.717, 1.165) is 5.56 Å². The first-order valence-electron chi connectivity index (χ1n) is 8.86. The minimum atomic E-state index is -0.470. The lowest BCUT2D eigenvalue weighted by Gasteiger charge is -2.21. The van der Waals surface area contributed by atoms with Gasteiger partial charge >= 0.3 is 0 Å². The zero-order valence-corrected chi connectivity index (χ0v) is 16.3. The normalized spacial score (nSPS) is 15.5. The molecule has 1 atom stereocenters. The van der Waals surface area contributed by atoms with Crippen molar-refractivity contribution in [2.45, 2.75) is 18.6 Å². The predicted molar refractivity (Wildman–Crippen MR) is 112 cm³/mol. The van der Waals surface area contributed by atoms with Crippen molar-refractivity contribution in [3.05, 3.63) is 87.1 Å². The van der Waals surface area contributed by atoms with Crippen LogP contribution in [0, 0.1) is 17.0 Å². The van der Waals surface area contributed by atoms with Crippen LogP contribution in [0.5, 0.6) is 0 Å². The van der Waals surface area contributed by atoms with Gasteiger partial charge < -0.3 is 5.73 Å². The molecule has 146 valence electrons. The molecule has 9 heteroatoms. The molecule has 29 heavy (non-hydrogen) atoms. The van der Waals surface area contributed by atoms with Gasteiger partial charge in [0.1, 0.15) is 0 Å². The third kappa shape index (κ3) is 3.52. The van der Waals surface area contributed by atoms with E-state index in [9.17, 15) is 14.9 Å². The molecular weight excluding hydrogens is 390 g/mol. The highest BCUT2D eigenvalue weighted by molar-refractivity contribution is 8.14. The van der Waals surface area contributed by atoms with Crippen LogP contribution >= 0.6 is 11.8 Å². The Morgan fingerprint density at radius 1 is 1.21 bits per heavy atom. The number of benzene rings is 2. The van der Waals surface area contributed by atoms with Crippen molar-refractivity contribution in [2.75, 3.05) is 0 Å². The second-order valence-electron chi connectivity index (χ2n) is 6.55. The number of hydrogen-bond acceptors (Lipinski definition) is 7. The van der Waals surface area contributed by atoms with Gasteiger partial charge in [0.15, 0.2) is 11.0 Å². The number of aromatic nitrogens is 2. The van der Waals surface area contributed by atoms with Crippen LogP contribution in [0.15, 0.2) is 59.6 Å². The van der Waals surface area contributed by atoms with Crippen LogP contribution in [0.3, 0.4) is 0 Å². The monoisotopic (exact) mass is 407 g/mol. The van der Waals surface area contributed by atoms with Crippen molar-refractivity contribution >= 4 is 34.3 Å². The lowest BCUT2D eigenvalue weighted by atomic mass is 10.0. The average Bonchev–Trinajstić information content (AvgIpc) is 3.04. The summed E-state index contributed by atoms with van der Waals surface area (Å²) in [5.41, 5.74) is 8.63. The van der Waals surface area contributed by atoms with E-state index in [0.29, 0.717) is 22.6 Å². The molecule has 0 bridgehead atoms. The van der Waals surface area contributed by atoms with Crippen LogP contribution < -0.4 is 5.73 Å². The SMILES string of the molecule is Cc1nn(C(=O)Cc2ccccc2)c2c1C(c1ccccc1[N+](=O)[O-])SC(N)=N2. The molecule has 2 aromatic carbocycles. The highest BCUT2D eigenvalue weighted by atomic mass is 32.2. The van der Waals surface area contributed by atoms with Gasteiger partial charge in [0.05, 0.1) is 22.3 Å². The number of carbonyl (C=O) groups is 1. The minimum Gasteiger partial charge on any atom is -0.378 e. The van der Waals surface area contributed by atoms with Crippen LogP contribution in [-0.4, -0.2) is 25.8 Å². The second kappa shape index (κ2) is 7.51. The number of aliphatic imine (C=N–C) groups is 1. The Balaban J connectivity index is 1.79. The van der Waals surface area contributed by atoms with E-state index >= 15 is 0 Å². The van der Waals surface area contributed by atoms with E-state index in [-0.39, 0.29) is 23.2 Å². The van der Waals surface area contributed by atoms with Gasteiger partial charge in [0, 0.05) is 17.2 Å². The van der Waals surface area contributed by atoms with Crippen molar-refractivity contribution in [2.24, 2.45) is 10.7 Å². The fraction of sp³-hybridized carbons (Fsp3) is 0.150. The van der Waals surface area contributed by atoms with E-state index in [1.807, 2.05) is 30.3 Å². The molecule has 0 radical (unpaired) electrons. The third-order valence-corrected chi connectivity index (χ3v) is 5.71. The Hall–Kier alpha value is -3.46. The Kier molecular flexibility index (Phi) is 4.89. The molecule has 0 spiro atoms. The van der Waals surface area contributed by atoms with Crippen LogP contribution in [0.25, 0.3) is 0 Å². The molecule has 2 heterocycles. The summed E-state index contributed by atoms with van der Waals surface area (Å²) in [6.45, 7) is 1.77. The van der Waals surface area contributed by atoms with Crippen LogP contribution in [0.2, 0.25) is 0 Å². The van der Waals surface area contributed by atoms with Gasteiger partial charge in [-0.3, -0.25) is 14.9 Å². The molecule has 8 nitrogen and oxygen atoms in total. The number of fused-ring (bicyclic) bond motifs is 1. The molecule has 1 aliphatic heterocycles. The van der Waals surface area contributed by atoms with E-state index in [1.165, 1.54) is 22.5 Å².